The molecule has 1 rings (SSSR count). The van der Waals surface area contributed by atoms with E-state index in [9.17, 15) is 0 Å². The van der Waals surface area contributed by atoms with E-state index < -0.39 is 0 Å². The monoisotopic (exact) mass is 197 g/mol. The number of rotatable bonds is 3. The van der Waals surface area contributed by atoms with Gasteiger partial charge in [0.2, 0.25) is 0 Å². The molecular formula is C13H27N. The zero-order valence-electron chi connectivity index (χ0n) is 10.6. The van der Waals surface area contributed by atoms with E-state index in [-0.39, 0.29) is 0 Å². The van der Waals surface area contributed by atoms with Crippen molar-refractivity contribution in [1.82, 2.24) is 5.32 Å². The third-order valence-corrected chi connectivity index (χ3v) is 3.78. The fourth-order valence-corrected chi connectivity index (χ4v) is 2.85. The molecule has 1 aliphatic rings. The van der Waals surface area contributed by atoms with Crippen molar-refractivity contribution in [3.63, 3.8) is 0 Å². The van der Waals surface area contributed by atoms with Gasteiger partial charge in [-0.15, -0.1) is 0 Å². The number of nitrogens with one attached hydrogen (secondary N) is 1. The second kappa shape index (κ2) is 4.22. The Morgan fingerprint density at radius 2 is 2.00 bits per heavy atom. The van der Waals surface area contributed by atoms with Gasteiger partial charge in [0, 0.05) is 5.54 Å². The van der Waals surface area contributed by atoms with Gasteiger partial charge in [-0.25, -0.2) is 0 Å². The minimum Gasteiger partial charge on any atom is -0.315 e. The minimum absolute atomic E-state index is 0.318. The predicted octanol–water partition coefficient (Wildman–Crippen LogP) is 3.59. The molecule has 0 heterocycles. The normalized spacial score (nSPS) is 27.6. The molecular weight excluding hydrogens is 170 g/mol. The van der Waals surface area contributed by atoms with Gasteiger partial charge >= 0.3 is 0 Å². The van der Waals surface area contributed by atoms with Crippen LogP contribution in [0.5, 0.6) is 0 Å². The molecule has 1 unspecified atom stereocenters. The fourth-order valence-electron chi connectivity index (χ4n) is 2.85. The molecule has 0 radical (unpaired) electrons. The standard InChI is InChI=1S/C13H27N/c1-12(2)8-6-7-11(9-12)10-13(3,4)14-5/h11,14H,6-10H2,1-5H3. The van der Waals surface area contributed by atoms with Crippen LogP contribution in [0.3, 0.4) is 0 Å². The summed E-state index contributed by atoms with van der Waals surface area (Å²) in [5.41, 5.74) is 0.908. The van der Waals surface area contributed by atoms with E-state index in [1.165, 1.54) is 32.1 Å². The van der Waals surface area contributed by atoms with Gasteiger partial charge in [0.1, 0.15) is 0 Å². The maximum absolute atomic E-state index is 3.42. The molecule has 84 valence electrons. The molecule has 14 heavy (non-hydrogen) atoms. The molecule has 1 fully saturated rings. The van der Waals surface area contributed by atoms with Crippen molar-refractivity contribution < 1.29 is 0 Å². The molecule has 1 nitrogen and oxygen atoms in total. The van der Waals surface area contributed by atoms with Crippen LogP contribution in [0.15, 0.2) is 0 Å². The molecule has 0 spiro atoms. The van der Waals surface area contributed by atoms with Crippen molar-refractivity contribution in [3.05, 3.63) is 0 Å². The minimum atomic E-state index is 0.318. The van der Waals surface area contributed by atoms with E-state index in [1.807, 2.05) is 0 Å². The van der Waals surface area contributed by atoms with Crippen molar-refractivity contribution in [2.75, 3.05) is 7.05 Å². The van der Waals surface area contributed by atoms with Crippen molar-refractivity contribution in [2.24, 2.45) is 11.3 Å². The molecule has 1 aliphatic carbocycles. The Balaban J connectivity index is 2.46. The van der Waals surface area contributed by atoms with Gasteiger partial charge in [-0.3, -0.25) is 0 Å². The van der Waals surface area contributed by atoms with Crippen molar-refractivity contribution in [3.8, 4) is 0 Å². The third-order valence-electron chi connectivity index (χ3n) is 3.78. The van der Waals surface area contributed by atoms with Gasteiger partial charge in [0.15, 0.2) is 0 Å². The van der Waals surface area contributed by atoms with Crippen molar-refractivity contribution in [2.45, 2.75) is 65.3 Å². The lowest BCUT2D eigenvalue weighted by molar-refractivity contribution is 0.149. The maximum Gasteiger partial charge on any atom is 0.0124 e. The van der Waals surface area contributed by atoms with E-state index in [4.69, 9.17) is 0 Å². The average molecular weight is 197 g/mol. The highest BCUT2D eigenvalue weighted by molar-refractivity contribution is 4.85. The van der Waals surface area contributed by atoms with Gasteiger partial charge < -0.3 is 5.32 Å². The Labute approximate surface area is 89.7 Å². The summed E-state index contributed by atoms with van der Waals surface area (Å²) in [7, 11) is 2.08. The molecule has 0 aromatic carbocycles. The van der Waals surface area contributed by atoms with Crippen LogP contribution in [0.1, 0.15) is 59.8 Å². The van der Waals surface area contributed by atoms with Gasteiger partial charge in [0.05, 0.1) is 0 Å². The zero-order chi connectivity index (χ0) is 10.8. The smallest absolute Gasteiger partial charge is 0.0124 e. The summed E-state index contributed by atoms with van der Waals surface area (Å²) in [6, 6.07) is 0. The third kappa shape index (κ3) is 3.61. The maximum atomic E-state index is 3.42. The van der Waals surface area contributed by atoms with Crippen LogP contribution in [0, 0.1) is 11.3 Å². The molecule has 1 saturated carbocycles. The van der Waals surface area contributed by atoms with Gasteiger partial charge in [0.25, 0.3) is 0 Å². The highest BCUT2D eigenvalue weighted by Crippen LogP contribution is 2.41. The average Bonchev–Trinajstić information content (AvgIpc) is 2.01. The molecule has 0 saturated heterocycles. The van der Waals surface area contributed by atoms with Gasteiger partial charge in [-0.1, -0.05) is 26.7 Å². The Morgan fingerprint density at radius 1 is 1.36 bits per heavy atom. The molecule has 0 aliphatic heterocycles. The van der Waals surface area contributed by atoms with Gasteiger partial charge in [-0.05, 0) is 51.5 Å². The summed E-state index contributed by atoms with van der Waals surface area (Å²) >= 11 is 0. The molecule has 1 heteroatoms. The Kier molecular flexibility index (Phi) is 3.63. The largest absolute Gasteiger partial charge is 0.315 e. The summed E-state index contributed by atoms with van der Waals surface area (Å²) in [6.07, 6.45) is 7.03. The first-order valence-corrected chi connectivity index (χ1v) is 6.04. The zero-order valence-corrected chi connectivity index (χ0v) is 10.6. The van der Waals surface area contributed by atoms with Crippen LogP contribution < -0.4 is 5.32 Å². The number of hydrogen-bond acceptors (Lipinski definition) is 1. The summed E-state index contributed by atoms with van der Waals surface area (Å²) in [6.45, 7) is 9.47. The second-order valence-electron chi connectivity index (χ2n) is 6.46. The first-order valence-electron chi connectivity index (χ1n) is 6.04. The molecule has 0 bridgehead atoms. The molecule has 0 aromatic rings. The summed E-state index contributed by atoms with van der Waals surface area (Å²) in [5, 5.41) is 3.42. The highest BCUT2D eigenvalue weighted by Gasteiger charge is 2.31. The summed E-state index contributed by atoms with van der Waals surface area (Å²) in [4.78, 5) is 0. The molecule has 1 N–H and O–H groups in total. The van der Waals surface area contributed by atoms with Crippen LogP contribution >= 0.6 is 0 Å². The first kappa shape index (κ1) is 12.0. The lowest BCUT2D eigenvalue weighted by Gasteiger charge is -2.38. The Morgan fingerprint density at radius 3 is 2.50 bits per heavy atom. The molecule has 0 amide bonds. The quantitative estimate of drug-likeness (QED) is 0.729. The molecule has 1 atom stereocenters. The number of hydrogen-bond donors (Lipinski definition) is 1. The van der Waals surface area contributed by atoms with Crippen molar-refractivity contribution in [1.29, 1.82) is 0 Å². The fraction of sp³-hybridized carbons (Fsp3) is 1.00. The van der Waals surface area contributed by atoms with Crippen LogP contribution in [0.25, 0.3) is 0 Å². The SMILES string of the molecule is CNC(C)(C)CC1CCCC(C)(C)C1. The summed E-state index contributed by atoms with van der Waals surface area (Å²) in [5.74, 6) is 0.932. The van der Waals surface area contributed by atoms with E-state index in [0.29, 0.717) is 11.0 Å². The van der Waals surface area contributed by atoms with Crippen LogP contribution in [-0.2, 0) is 0 Å². The van der Waals surface area contributed by atoms with E-state index >= 15 is 0 Å². The van der Waals surface area contributed by atoms with E-state index in [0.717, 1.165) is 5.92 Å². The van der Waals surface area contributed by atoms with Gasteiger partial charge in [-0.2, -0.15) is 0 Å². The predicted molar refractivity (Wildman–Crippen MR) is 63.5 cm³/mol. The highest BCUT2D eigenvalue weighted by atomic mass is 14.9. The van der Waals surface area contributed by atoms with Crippen molar-refractivity contribution >= 4 is 0 Å². The Bertz CT molecular complexity index is 182. The van der Waals surface area contributed by atoms with Crippen LogP contribution in [0.4, 0.5) is 0 Å². The topological polar surface area (TPSA) is 12.0 Å². The lowest BCUT2D eigenvalue weighted by Crippen LogP contribution is -2.39. The summed E-state index contributed by atoms with van der Waals surface area (Å²) < 4.78 is 0. The second-order valence-corrected chi connectivity index (χ2v) is 6.46. The van der Waals surface area contributed by atoms with E-state index in [2.05, 4.69) is 40.1 Å². The first-order chi connectivity index (χ1) is 6.35. The van der Waals surface area contributed by atoms with Crippen LogP contribution in [0.2, 0.25) is 0 Å². The Hall–Kier alpha value is -0.0400. The lowest BCUT2D eigenvalue weighted by atomic mass is 9.69. The van der Waals surface area contributed by atoms with Crippen LogP contribution in [-0.4, -0.2) is 12.6 Å². The molecule has 0 aromatic heterocycles. The van der Waals surface area contributed by atoms with E-state index in [1.54, 1.807) is 0 Å².